The summed E-state index contributed by atoms with van der Waals surface area (Å²) >= 11 is 0. The van der Waals surface area contributed by atoms with Gasteiger partial charge in [0.1, 0.15) is 11.6 Å². The van der Waals surface area contributed by atoms with Crippen molar-refractivity contribution in [1.82, 2.24) is 9.97 Å². The lowest BCUT2D eigenvalue weighted by Gasteiger charge is -2.13. The van der Waals surface area contributed by atoms with Crippen molar-refractivity contribution in [1.29, 1.82) is 0 Å². The van der Waals surface area contributed by atoms with Crippen LogP contribution in [0, 0.1) is 0 Å². The molecular formula is C20H18N4O3. The van der Waals surface area contributed by atoms with E-state index in [-0.39, 0.29) is 0 Å². The van der Waals surface area contributed by atoms with E-state index in [0.29, 0.717) is 18.8 Å². The molecule has 0 spiro atoms. The Morgan fingerprint density at radius 1 is 1.22 bits per heavy atom. The highest BCUT2D eigenvalue weighted by Crippen LogP contribution is 2.39. The van der Waals surface area contributed by atoms with Crippen LogP contribution < -0.4 is 15.4 Å². The minimum atomic E-state index is -1.08. The number of nitrogens with one attached hydrogen (secondary N) is 2. The van der Waals surface area contributed by atoms with Gasteiger partial charge in [-0.1, -0.05) is 12.1 Å². The summed E-state index contributed by atoms with van der Waals surface area (Å²) in [5.74, 6) is 1.65. The van der Waals surface area contributed by atoms with Crippen LogP contribution in [0.2, 0.25) is 0 Å². The SMILES string of the molecule is O=C(O)Nc1cccc(CNc2ncc(-c3ccncc3)c3c2CCO3)c1. The molecule has 0 radical (unpaired) electrons. The Bertz CT molecular complexity index is 976. The number of benzene rings is 1. The Morgan fingerprint density at radius 2 is 2.07 bits per heavy atom. The quantitative estimate of drug-likeness (QED) is 0.639. The molecule has 4 rings (SSSR count). The number of rotatable bonds is 5. The van der Waals surface area contributed by atoms with E-state index in [9.17, 15) is 4.79 Å². The first-order valence-electron chi connectivity index (χ1n) is 8.58. The van der Waals surface area contributed by atoms with E-state index < -0.39 is 6.09 Å². The lowest BCUT2D eigenvalue weighted by atomic mass is 10.0. The van der Waals surface area contributed by atoms with Crippen LogP contribution in [0.5, 0.6) is 5.75 Å². The maximum atomic E-state index is 10.8. The van der Waals surface area contributed by atoms with E-state index in [1.165, 1.54) is 0 Å². The van der Waals surface area contributed by atoms with Gasteiger partial charge in [0.25, 0.3) is 0 Å². The Balaban J connectivity index is 1.56. The first-order chi connectivity index (χ1) is 13.2. The second-order valence-electron chi connectivity index (χ2n) is 6.15. The van der Waals surface area contributed by atoms with Gasteiger partial charge in [0.05, 0.1) is 6.61 Å². The number of hydrogen-bond donors (Lipinski definition) is 3. The molecule has 0 saturated carbocycles. The minimum absolute atomic E-state index is 0.531. The summed E-state index contributed by atoms with van der Waals surface area (Å²) < 4.78 is 5.86. The molecule has 7 heteroatoms. The average Bonchev–Trinajstić information content (AvgIpc) is 3.17. The standard InChI is InChI=1S/C20H18N4O3/c25-20(26)24-15-3-1-2-13(10-15)11-22-19-16-6-9-27-18(16)17(12-23-19)14-4-7-21-8-5-14/h1-5,7-8,10,12,24H,6,9,11H2,(H,22,23)(H,25,26). The minimum Gasteiger partial charge on any atom is -0.492 e. The number of anilines is 2. The summed E-state index contributed by atoms with van der Waals surface area (Å²) in [4.78, 5) is 19.4. The van der Waals surface area contributed by atoms with Gasteiger partial charge in [-0.15, -0.1) is 0 Å². The number of carboxylic acid groups (broad SMARTS) is 1. The van der Waals surface area contributed by atoms with Crippen molar-refractivity contribution in [3.8, 4) is 16.9 Å². The molecule has 2 aromatic heterocycles. The summed E-state index contributed by atoms with van der Waals surface area (Å²) in [5.41, 5.74) is 4.53. The highest BCUT2D eigenvalue weighted by atomic mass is 16.5. The van der Waals surface area contributed by atoms with Crippen molar-refractivity contribution < 1.29 is 14.6 Å². The van der Waals surface area contributed by atoms with Gasteiger partial charge < -0.3 is 15.2 Å². The van der Waals surface area contributed by atoms with Gasteiger partial charge in [-0.2, -0.15) is 0 Å². The van der Waals surface area contributed by atoms with Gasteiger partial charge in [-0.25, -0.2) is 9.78 Å². The third-order valence-electron chi connectivity index (χ3n) is 4.36. The lowest BCUT2D eigenvalue weighted by molar-refractivity contribution is 0.210. The van der Waals surface area contributed by atoms with Crippen LogP contribution in [0.1, 0.15) is 11.1 Å². The molecule has 0 bridgehead atoms. The predicted octanol–water partition coefficient (Wildman–Crippen LogP) is 3.78. The highest BCUT2D eigenvalue weighted by Gasteiger charge is 2.22. The number of hydrogen-bond acceptors (Lipinski definition) is 5. The number of carbonyl (C=O) groups is 1. The molecule has 3 heterocycles. The second kappa shape index (κ2) is 7.33. The van der Waals surface area contributed by atoms with E-state index in [1.54, 1.807) is 24.5 Å². The largest absolute Gasteiger partial charge is 0.492 e. The van der Waals surface area contributed by atoms with Gasteiger partial charge in [-0.3, -0.25) is 10.3 Å². The molecule has 27 heavy (non-hydrogen) atoms. The normalized spacial score (nSPS) is 12.1. The molecule has 3 N–H and O–H groups in total. The molecule has 0 atom stereocenters. The van der Waals surface area contributed by atoms with E-state index in [4.69, 9.17) is 9.84 Å². The number of ether oxygens (including phenoxy) is 1. The number of pyridine rings is 2. The van der Waals surface area contributed by atoms with Crippen LogP contribution in [0.25, 0.3) is 11.1 Å². The fourth-order valence-corrected chi connectivity index (χ4v) is 3.15. The Labute approximate surface area is 156 Å². The summed E-state index contributed by atoms with van der Waals surface area (Å²) in [7, 11) is 0. The van der Waals surface area contributed by atoms with Crippen molar-refractivity contribution in [2.45, 2.75) is 13.0 Å². The van der Waals surface area contributed by atoms with Crippen molar-refractivity contribution in [3.63, 3.8) is 0 Å². The molecule has 7 nitrogen and oxygen atoms in total. The fraction of sp³-hybridized carbons (Fsp3) is 0.150. The molecular weight excluding hydrogens is 344 g/mol. The monoisotopic (exact) mass is 362 g/mol. The van der Waals surface area contributed by atoms with Crippen molar-refractivity contribution in [2.24, 2.45) is 0 Å². The van der Waals surface area contributed by atoms with E-state index in [2.05, 4.69) is 20.6 Å². The maximum absolute atomic E-state index is 10.8. The predicted molar refractivity (Wildman–Crippen MR) is 102 cm³/mol. The summed E-state index contributed by atoms with van der Waals surface area (Å²) in [5, 5.41) is 14.5. The molecule has 1 aliphatic rings. The molecule has 0 saturated heterocycles. The third-order valence-corrected chi connectivity index (χ3v) is 4.36. The van der Waals surface area contributed by atoms with Crippen molar-refractivity contribution in [2.75, 3.05) is 17.2 Å². The van der Waals surface area contributed by atoms with Crippen molar-refractivity contribution >= 4 is 17.6 Å². The molecule has 3 aromatic rings. The smallest absolute Gasteiger partial charge is 0.409 e. The second-order valence-corrected chi connectivity index (χ2v) is 6.15. The van der Waals surface area contributed by atoms with Crippen LogP contribution in [-0.2, 0) is 13.0 Å². The third kappa shape index (κ3) is 3.67. The Hall–Kier alpha value is -3.61. The Kier molecular flexibility index (Phi) is 4.57. The van der Waals surface area contributed by atoms with Gasteiger partial charge in [0, 0.05) is 48.4 Å². The zero-order valence-corrected chi connectivity index (χ0v) is 14.5. The van der Waals surface area contributed by atoms with Crippen LogP contribution in [0.4, 0.5) is 16.3 Å². The summed E-state index contributed by atoms with van der Waals surface area (Å²) in [6, 6.07) is 11.1. The zero-order valence-electron chi connectivity index (χ0n) is 14.5. The van der Waals surface area contributed by atoms with Gasteiger partial charge >= 0.3 is 6.09 Å². The molecule has 136 valence electrons. The van der Waals surface area contributed by atoms with Crippen LogP contribution in [-0.4, -0.2) is 27.8 Å². The number of amides is 1. The van der Waals surface area contributed by atoms with E-state index in [0.717, 1.165) is 40.2 Å². The van der Waals surface area contributed by atoms with E-state index >= 15 is 0 Å². The topological polar surface area (TPSA) is 96.4 Å². The molecule has 0 fully saturated rings. The van der Waals surface area contributed by atoms with Gasteiger partial charge in [0.2, 0.25) is 0 Å². The number of nitrogens with zero attached hydrogens (tertiary/aromatic N) is 2. The van der Waals surface area contributed by atoms with Crippen LogP contribution in [0.3, 0.4) is 0 Å². The zero-order chi connectivity index (χ0) is 18.6. The Morgan fingerprint density at radius 3 is 2.89 bits per heavy atom. The lowest BCUT2D eigenvalue weighted by Crippen LogP contribution is -2.08. The first kappa shape index (κ1) is 16.8. The summed E-state index contributed by atoms with van der Waals surface area (Å²) in [6.45, 7) is 1.16. The molecule has 1 amide bonds. The van der Waals surface area contributed by atoms with Crippen LogP contribution >= 0.6 is 0 Å². The molecule has 0 aliphatic carbocycles. The molecule has 0 unspecified atom stereocenters. The van der Waals surface area contributed by atoms with E-state index in [1.807, 2.05) is 30.5 Å². The van der Waals surface area contributed by atoms with Crippen molar-refractivity contribution in [3.05, 3.63) is 66.1 Å². The maximum Gasteiger partial charge on any atom is 0.409 e. The fourth-order valence-electron chi connectivity index (χ4n) is 3.15. The number of fused-ring (bicyclic) bond motifs is 1. The first-order valence-corrected chi connectivity index (χ1v) is 8.58. The average molecular weight is 362 g/mol. The van der Waals surface area contributed by atoms with Crippen LogP contribution in [0.15, 0.2) is 55.0 Å². The highest BCUT2D eigenvalue weighted by molar-refractivity contribution is 5.82. The van der Waals surface area contributed by atoms with Gasteiger partial charge in [0.15, 0.2) is 0 Å². The van der Waals surface area contributed by atoms with Gasteiger partial charge in [-0.05, 0) is 35.4 Å². The molecule has 1 aliphatic heterocycles. The number of aromatic nitrogens is 2. The summed E-state index contributed by atoms with van der Waals surface area (Å²) in [6.07, 6.45) is 5.03. The molecule has 1 aromatic carbocycles.